The van der Waals surface area contributed by atoms with Crippen molar-refractivity contribution < 1.29 is 9.21 Å². The lowest BCUT2D eigenvalue weighted by atomic mass is 9.84. The summed E-state index contributed by atoms with van der Waals surface area (Å²) in [6.45, 7) is 4.88. The van der Waals surface area contributed by atoms with Gasteiger partial charge in [0.2, 0.25) is 0 Å². The molecule has 0 spiro atoms. The molecule has 1 heterocycles. The highest BCUT2D eigenvalue weighted by Gasteiger charge is 2.22. The average Bonchev–Trinajstić information content (AvgIpc) is 2.94. The molecule has 120 valence electrons. The van der Waals surface area contributed by atoms with Crippen molar-refractivity contribution in [3.63, 3.8) is 0 Å². The summed E-state index contributed by atoms with van der Waals surface area (Å²) in [4.78, 5) is 12.1. The second-order valence-corrected chi connectivity index (χ2v) is 6.02. The molecular weight excluding hydrogens is 323 g/mol. The van der Waals surface area contributed by atoms with E-state index in [1.165, 1.54) is 6.26 Å². The Balaban J connectivity index is 0.00000242. The molecule has 0 radical (unpaired) electrons. The third-order valence-corrected chi connectivity index (χ3v) is 3.65. The van der Waals surface area contributed by atoms with Crippen LogP contribution in [0.3, 0.4) is 0 Å². The van der Waals surface area contributed by atoms with Gasteiger partial charge in [-0.25, -0.2) is 0 Å². The van der Waals surface area contributed by atoms with Gasteiger partial charge in [-0.2, -0.15) is 0 Å². The molecule has 0 saturated carbocycles. The van der Waals surface area contributed by atoms with Gasteiger partial charge in [0, 0.05) is 17.0 Å². The summed E-state index contributed by atoms with van der Waals surface area (Å²) in [5.41, 5.74) is 6.80. The van der Waals surface area contributed by atoms with E-state index in [4.69, 9.17) is 21.8 Å². The first kappa shape index (κ1) is 18.6. The van der Waals surface area contributed by atoms with Crippen molar-refractivity contribution in [2.45, 2.75) is 25.8 Å². The molecule has 0 bridgehead atoms. The molecule has 0 saturated heterocycles. The van der Waals surface area contributed by atoms with E-state index in [9.17, 15) is 4.79 Å². The van der Waals surface area contributed by atoms with Crippen LogP contribution in [0.15, 0.2) is 41.0 Å². The third kappa shape index (κ3) is 4.50. The van der Waals surface area contributed by atoms with Gasteiger partial charge >= 0.3 is 0 Å². The van der Waals surface area contributed by atoms with Gasteiger partial charge in [-0.1, -0.05) is 37.6 Å². The Labute approximate surface area is 141 Å². The van der Waals surface area contributed by atoms with Crippen LogP contribution in [0.25, 0.3) is 0 Å². The zero-order valence-corrected chi connectivity index (χ0v) is 14.1. The Hall–Kier alpha value is -1.49. The summed E-state index contributed by atoms with van der Waals surface area (Å²) < 4.78 is 5.16. The first-order valence-corrected chi connectivity index (χ1v) is 7.12. The summed E-state index contributed by atoms with van der Waals surface area (Å²) in [5, 5.41) is 3.60. The van der Waals surface area contributed by atoms with Gasteiger partial charge in [0.25, 0.3) is 5.91 Å². The predicted octanol–water partition coefficient (Wildman–Crippen LogP) is 3.52. The van der Waals surface area contributed by atoms with Crippen LogP contribution in [0.4, 0.5) is 0 Å². The molecule has 0 atom stereocenters. The first-order valence-electron chi connectivity index (χ1n) is 6.74. The van der Waals surface area contributed by atoms with E-state index >= 15 is 0 Å². The number of benzene rings is 1. The minimum Gasteiger partial charge on any atom is -0.467 e. The summed E-state index contributed by atoms with van der Waals surface area (Å²) in [7, 11) is 0. The maximum Gasteiger partial charge on any atom is 0.254 e. The van der Waals surface area contributed by atoms with E-state index in [0.717, 1.165) is 5.56 Å². The van der Waals surface area contributed by atoms with Crippen molar-refractivity contribution in [1.82, 2.24) is 5.32 Å². The molecule has 3 N–H and O–H groups in total. The largest absolute Gasteiger partial charge is 0.467 e. The average molecular weight is 343 g/mol. The van der Waals surface area contributed by atoms with Crippen molar-refractivity contribution in [3.05, 3.63) is 58.5 Å². The van der Waals surface area contributed by atoms with Gasteiger partial charge in [0.1, 0.15) is 12.0 Å². The van der Waals surface area contributed by atoms with Crippen molar-refractivity contribution in [3.8, 4) is 0 Å². The number of carbonyl (C=O) groups excluding carboxylic acids is 1. The number of rotatable bonds is 5. The number of furan rings is 1. The van der Waals surface area contributed by atoms with E-state index < -0.39 is 0 Å². The number of hydrogen-bond donors (Lipinski definition) is 2. The second-order valence-electron chi connectivity index (χ2n) is 5.58. The summed E-state index contributed by atoms with van der Waals surface area (Å²) >= 11 is 6.02. The standard InChI is InChI=1S/C16H19ClN2O2.ClH/c1-16(2,12-4-3-5-13(17)7-12)10-19-15(20)11-6-14(8-18)21-9-11;/h3-7,9H,8,10,18H2,1-2H3,(H,19,20);1H. The third-order valence-electron chi connectivity index (χ3n) is 3.41. The Kier molecular flexibility index (Phi) is 6.48. The zero-order valence-electron chi connectivity index (χ0n) is 12.6. The second kappa shape index (κ2) is 7.68. The fourth-order valence-electron chi connectivity index (χ4n) is 2.02. The highest BCUT2D eigenvalue weighted by Crippen LogP contribution is 2.25. The molecule has 0 aliphatic heterocycles. The summed E-state index contributed by atoms with van der Waals surface area (Å²) in [5.74, 6) is 0.419. The fourth-order valence-corrected chi connectivity index (χ4v) is 2.21. The monoisotopic (exact) mass is 342 g/mol. The van der Waals surface area contributed by atoms with Crippen molar-refractivity contribution >= 4 is 29.9 Å². The van der Waals surface area contributed by atoms with Crippen LogP contribution in [0.2, 0.25) is 5.02 Å². The lowest BCUT2D eigenvalue weighted by molar-refractivity contribution is 0.0945. The Morgan fingerprint density at radius 1 is 1.36 bits per heavy atom. The molecule has 1 aromatic carbocycles. The number of hydrogen-bond acceptors (Lipinski definition) is 3. The van der Waals surface area contributed by atoms with Gasteiger partial charge in [-0.05, 0) is 23.8 Å². The molecule has 0 unspecified atom stereocenters. The van der Waals surface area contributed by atoms with Crippen LogP contribution >= 0.6 is 24.0 Å². The van der Waals surface area contributed by atoms with Gasteiger partial charge in [-0.15, -0.1) is 12.4 Å². The van der Waals surface area contributed by atoms with Gasteiger partial charge in [0.05, 0.1) is 12.1 Å². The van der Waals surface area contributed by atoms with Gasteiger partial charge in [-0.3, -0.25) is 4.79 Å². The molecule has 1 aromatic heterocycles. The molecule has 0 aliphatic rings. The fraction of sp³-hybridized carbons (Fsp3) is 0.312. The highest BCUT2D eigenvalue weighted by molar-refractivity contribution is 6.30. The highest BCUT2D eigenvalue weighted by atomic mass is 35.5. The Morgan fingerprint density at radius 3 is 2.68 bits per heavy atom. The zero-order chi connectivity index (χ0) is 15.5. The van der Waals surface area contributed by atoms with E-state index in [1.807, 2.05) is 24.3 Å². The molecule has 22 heavy (non-hydrogen) atoms. The molecule has 0 fully saturated rings. The molecule has 6 heteroatoms. The topological polar surface area (TPSA) is 68.3 Å². The minimum atomic E-state index is -0.221. The van der Waals surface area contributed by atoms with Crippen LogP contribution in [0, 0.1) is 0 Å². The molecule has 1 amide bonds. The van der Waals surface area contributed by atoms with Crippen LogP contribution < -0.4 is 11.1 Å². The normalized spacial score (nSPS) is 10.9. The van der Waals surface area contributed by atoms with Gasteiger partial charge in [0.15, 0.2) is 0 Å². The predicted molar refractivity (Wildman–Crippen MR) is 90.7 cm³/mol. The summed E-state index contributed by atoms with van der Waals surface area (Å²) in [6, 6.07) is 9.31. The molecule has 4 nitrogen and oxygen atoms in total. The first-order chi connectivity index (χ1) is 9.92. The SMILES string of the molecule is CC(C)(CNC(=O)c1coc(CN)c1)c1cccc(Cl)c1.Cl. The maximum atomic E-state index is 12.1. The maximum absolute atomic E-state index is 12.1. The van der Waals surface area contributed by atoms with Crippen LogP contribution in [-0.2, 0) is 12.0 Å². The molecule has 0 aliphatic carbocycles. The number of nitrogens with two attached hydrogens (primary N) is 1. The Bertz CT molecular complexity index is 639. The lowest BCUT2D eigenvalue weighted by Gasteiger charge is -2.25. The smallest absolute Gasteiger partial charge is 0.254 e. The lowest BCUT2D eigenvalue weighted by Crippen LogP contribution is -2.36. The van der Waals surface area contributed by atoms with Crippen LogP contribution in [0.5, 0.6) is 0 Å². The van der Waals surface area contributed by atoms with E-state index in [0.29, 0.717) is 22.9 Å². The molecule has 2 rings (SSSR count). The number of halogens is 2. The molecular formula is C16H20Cl2N2O2. The number of amides is 1. The van der Waals surface area contributed by atoms with Crippen molar-refractivity contribution in [2.75, 3.05) is 6.54 Å². The number of carbonyl (C=O) groups is 1. The quantitative estimate of drug-likeness (QED) is 0.873. The van der Waals surface area contributed by atoms with Gasteiger partial charge < -0.3 is 15.5 Å². The summed E-state index contributed by atoms with van der Waals surface area (Å²) in [6.07, 6.45) is 1.42. The van der Waals surface area contributed by atoms with Crippen molar-refractivity contribution in [2.24, 2.45) is 5.73 Å². The van der Waals surface area contributed by atoms with Crippen molar-refractivity contribution in [1.29, 1.82) is 0 Å². The Morgan fingerprint density at radius 2 is 2.09 bits per heavy atom. The van der Waals surface area contributed by atoms with Crippen LogP contribution in [-0.4, -0.2) is 12.5 Å². The number of nitrogens with one attached hydrogen (secondary N) is 1. The van der Waals surface area contributed by atoms with E-state index in [2.05, 4.69) is 19.2 Å². The van der Waals surface area contributed by atoms with E-state index in [-0.39, 0.29) is 30.3 Å². The van der Waals surface area contributed by atoms with Crippen LogP contribution in [0.1, 0.15) is 35.5 Å². The molecule has 2 aromatic rings. The van der Waals surface area contributed by atoms with E-state index in [1.54, 1.807) is 6.07 Å². The minimum absolute atomic E-state index is 0.